The minimum Gasteiger partial charge on any atom is -0.394 e. The Morgan fingerprint density at radius 3 is 2.82 bits per heavy atom. The largest absolute Gasteiger partial charge is 0.394 e. The van der Waals surface area contributed by atoms with E-state index in [2.05, 4.69) is 15.9 Å². The third-order valence-corrected chi connectivity index (χ3v) is 4.01. The van der Waals surface area contributed by atoms with Gasteiger partial charge in [0.15, 0.2) is 0 Å². The van der Waals surface area contributed by atoms with Crippen LogP contribution in [0.2, 0.25) is 0 Å². The van der Waals surface area contributed by atoms with Crippen LogP contribution in [-0.4, -0.2) is 11.7 Å². The molecule has 0 fully saturated rings. The highest BCUT2D eigenvalue weighted by Crippen LogP contribution is 2.31. The maximum absolute atomic E-state index is 8.78. The first-order valence-corrected chi connectivity index (χ1v) is 4.94. The van der Waals surface area contributed by atoms with Gasteiger partial charge in [-0.15, -0.1) is 11.3 Å². The van der Waals surface area contributed by atoms with Crippen LogP contribution in [0.25, 0.3) is 0 Å². The van der Waals surface area contributed by atoms with Crippen LogP contribution in [0.3, 0.4) is 0 Å². The number of aliphatic hydroxyl groups excluding tert-OH is 1. The quantitative estimate of drug-likeness (QED) is 0.822. The van der Waals surface area contributed by atoms with Gasteiger partial charge in [-0.25, -0.2) is 0 Å². The lowest BCUT2D eigenvalue weighted by atomic mass is 10.2. The van der Waals surface area contributed by atoms with E-state index < -0.39 is 0 Å². The fourth-order valence-corrected chi connectivity index (χ4v) is 2.56. The van der Waals surface area contributed by atoms with E-state index in [0.717, 1.165) is 9.35 Å². The number of thiophene rings is 1. The van der Waals surface area contributed by atoms with Crippen molar-refractivity contribution in [3.05, 3.63) is 20.3 Å². The Morgan fingerprint density at radius 2 is 2.45 bits per heavy atom. The van der Waals surface area contributed by atoms with Gasteiger partial charge in [0.2, 0.25) is 0 Å². The summed E-state index contributed by atoms with van der Waals surface area (Å²) in [5, 5.41) is 10.8. The molecule has 0 aliphatic heterocycles. The highest BCUT2D eigenvalue weighted by Gasteiger charge is 2.11. The fraction of sp³-hybridized carbons (Fsp3) is 0.429. The lowest BCUT2D eigenvalue weighted by molar-refractivity contribution is 0.269. The Labute approximate surface area is 78.2 Å². The van der Waals surface area contributed by atoms with Gasteiger partial charge in [0.1, 0.15) is 0 Å². The predicted octanol–water partition coefficient (Wildman–Crippen LogP) is 1.81. The molecule has 0 saturated carbocycles. The van der Waals surface area contributed by atoms with E-state index in [4.69, 9.17) is 10.8 Å². The summed E-state index contributed by atoms with van der Waals surface area (Å²) < 4.78 is 1.03. The van der Waals surface area contributed by atoms with Gasteiger partial charge >= 0.3 is 0 Å². The molecular weight excluding hydrogens is 226 g/mol. The van der Waals surface area contributed by atoms with Crippen LogP contribution in [0.4, 0.5) is 0 Å². The normalized spacial score (nSPS) is 13.5. The topological polar surface area (TPSA) is 46.2 Å². The molecule has 0 aliphatic rings. The molecule has 62 valence electrons. The lowest BCUT2D eigenvalue weighted by Gasteiger charge is -2.05. The maximum Gasteiger partial charge on any atom is 0.0636 e. The van der Waals surface area contributed by atoms with Crippen molar-refractivity contribution < 1.29 is 5.11 Å². The van der Waals surface area contributed by atoms with Crippen molar-refractivity contribution in [3.8, 4) is 0 Å². The fourth-order valence-electron chi connectivity index (χ4n) is 0.783. The molecule has 0 unspecified atom stereocenters. The minimum atomic E-state index is -0.247. The molecule has 0 amide bonds. The third kappa shape index (κ3) is 1.82. The first kappa shape index (κ1) is 9.19. The molecule has 0 spiro atoms. The second-order valence-corrected chi connectivity index (χ2v) is 4.09. The molecule has 0 radical (unpaired) electrons. The van der Waals surface area contributed by atoms with Gasteiger partial charge in [0, 0.05) is 9.35 Å². The summed E-state index contributed by atoms with van der Waals surface area (Å²) in [4.78, 5) is 1.02. The molecule has 1 atom stereocenters. The SMILES string of the molecule is Cc1csc([C@H](N)CO)c1Br. The maximum atomic E-state index is 8.78. The molecular formula is C7H10BrNOS. The van der Waals surface area contributed by atoms with E-state index in [-0.39, 0.29) is 12.6 Å². The van der Waals surface area contributed by atoms with Crippen LogP contribution in [0.5, 0.6) is 0 Å². The molecule has 4 heteroatoms. The first-order chi connectivity index (χ1) is 5.16. The van der Waals surface area contributed by atoms with E-state index >= 15 is 0 Å². The first-order valence-electron chi connectivity index (χ1n) is 3.26. The van der Waals surface area contributed by atoms with Crippen LogP contribution in [-0.2, 0) is 0 Å². The zero-order valence-corrected chi connectivity index (χ0v) is 8.58. The van der Waals surface area contributed by atoms with Crippen molar-refractivity contribution >= 4 is 27.3 Å². The Bertz CT molecular complexity index is 249. The summed E-state index contributed by atoms with van der Waals surface area (Å²) in [6.45, 7) is 2.01. The van der Waals surface area contributed by atoms with Gasteiger partial charge < -0.3 is 10.8 Å². The van der Waals surface area contributed by atoms with Crippen molar-refractivity contribution in [1.82, 2.24) is 0 Å². The van der Waals surface area contributed by atoms with E-state index in [9.17, 15) is 0 Å². The van der Waals surface area contributed by atoms with E-state index in [1.807, 2.05) is 12.3 Å². The second kappa shape index (κ2) is 3.67. The standard InChI is InChI=1S/C7H10BrNOS/c1-4-3-11-7(6(4)8)5(9)2-10/h3,5,10H,2,9H2,1H3/t5-/m1/s1. The Hall–Kier alpha value is 0.100. The minimum absolute atomic E-state index is 0.00144. The van der Waals surface area contributed by atoms with E-state index in [0.29, 0.717) is 0 Å². The van der Waals surface area contributed by atoms with Crippen molar-refractivity contribution in [2.75, 3.05) is 6.61 Å². The lowest BCUT2D eigenvalue weighted by Crippen LogP contribution is -2.13. The summed E-state index contributed by atoms with van der Waals surface area (Å²) in [5.41, 5.74) is 6.81. The van der Waals surface area contributed by atoms with Crippen LogP contribution < -0.4 is 5.73 Å². The number of hydrogen-bond acceptors (Lipinski definition) is 3. The van der Waals surface area contributed by atoms with Gasteiger partial charge in [-0.3, -0.25) is 0 Å². The zero-order chi connectivity index (χ0) is 8.43. The van der Waals surface area contributed by atoms with Gasteiger partial charge in [0.25, 0.3) is 0 Å². The number of aliphatic hydroxyl groups is 1. The average molecular weight is 236 g/mol. The summed E-state index contributed by atoms with van der Waals surface area (Å²) in [6.07, 6.45) is 0. The summed E-state index contributed by atoms with van der Waals surface area (Å²) in [6, 6.07) is -0.247. The molecule has 0 aliphatic carbocycles. The van der Waals surface area contributed by atoms with Gasteiger partial charge in [-0.05, 0) is 33.8 Å². The van der Waals surface area contributed by atoms with Crippen molar-refractivity contribution in [1.29, 1.82) is 0 Å². The van der Waals surface area contributed by atoms with Gasteiger partial charge in [-0.2, -0.15) is 0 Å². The number of aryl methyl sites for hydroxylation is 1. The Kier molecular flexibility index (Phi) is 3.06. The number of rotatable bonds is 2. The van der Waals surface area contributed by atoms with Crippen LogP contribution in [0.1, 0.15) is 16.5 Å². The molecule has 0 bridgehead atoms. The van der Waals surface area contributed by atoms with Crippen molar-refractivity contribution in [2.45, 2.75) is 13.0 Å². The predicted molar refractivity (Wildman–Crippen MR) is 50.8 cm³/mol. The highest BCUT2D eigenvalue weighted by molar-refractivity contribution is 9.10. The molecule has 11 heavy (non-hydrogen) atoms. The average Bonchev–Trinajstić information content (AvgIpc) is 2.32. The summed E-state index contributed by atoms with van der Waals surface area (Å²) >= 11 is 4.99. The van der Waals surface area contributed by atoms with E-state index in [1.165, 1.54) is 5.56 Å². The highest BCUT2D eigenvalue weighted by atomic mass is 79.9. The second-order valence-electron chi connectivity index (χ2n) is 2.39. The molecule has 2 nitrogen and oxygen atoms in total. The van der Waals surface area contributed by atoms with E-state index in [1.54, 1.807) is 11.3 Å². The van der Waals surface area contributed by atoms with Crippen LogP contribution in [0.15, 0.2) is 9.85 Å². The molecule has 1 aromatic heterocycles. The smallest absolute Gasteiger partial charge is 0.0636 e. The van der Waals surface area contributed by atoms with Crippen LogP contribution in [0, 0.1) is 6.92 Å². The number of nitrogens with two attached hydrogens (primary N) is 1. The zero-order valence-electron chi connectivity index (χ0n) is 6.17. The molecule has 1 heterocycles. The molecule has 3 N–H and O–H groups in total. The molecule has 1 aromatic rings. The van der Waals surface area contributed by atoms with Crippen molar-refractivity contribution in [2.24, 2.45) is 5.73 Å². The molecule has 0 saturated heterocycles. The number of hydrogen-bond donors (Lipinski definition) is 2. The van der Waals surface area contributed by atoms with Crippen LogP contribution >= 0.6 is 27.3 Å². The Morgan fingerprint density at radius 1 is 1.82 bits per heavy atom. The van der Waals surface area contributed by atoms with Gasteiger partial charge in [-0.1, -0.05) is 0 Å². The number of halogens is 1. The van der Waals surface area contributed by atoms with Gasteiger partial charge in [0.05, 0.1) is 12.6 Å². The van der Waals surface area contributed by atoms with Crippen molar-refractivity contribution in [3.63, 3.8) is 0 Å². The monoisotopic (exact) mass is 235 g/mol. The Balaban J connectivity index is 2.94. The molecule has 1 rings (SSSR count). The summed E-state index contributed by atoms with van der Waals surface area (Å²) in [7, 11) is 0. The molecule has 0 aromatic carbocycles. The third-order valence-electron chi connectivity index (χ3n) is 1.46. The summed E-state index contributed by atoms with van der Waals surface area (Å²) in [5.74, 6) is 0.